The van der Waals surface area contributed by atoms with E-state index in [9.17, 15) is 9.90 Å². The Labute approximate surface area is 101 Å². The van der Waals surface area contributed by atoms with Crippen LogP contribution in [0.1, 0.15) is 6.92 Å². The van der Waals surface area contributed by atoms with Gasteiger partial charge in [0.2, 0.25) is 5.91 Å². The molecule has 92 valence electrons. The lowest BCUT2D eigenvalue weighted by molar-refractivity contribution is -0.127. The van der Waals surface area contributed by atoms with E-state index in [1.807, 2.05) is 35.2 Å². The molecule has 0 radical (unpaired) electrons. The van der Waals surface area contributed by atoms with Gasteiger partial charge in [0.1, 0.15) is 0 Å². The molecule has 0 saturated carbocycles. The van der Waals surface area contributed by atoms with Crippen molar-refractivity contribution in [1.82, 2.24) is 4.90 Å². The van der Waals surface area contributed by atoms with Gasteiger partial charge in [0.25, 0.3) is 0 Å². The molecule has 0 aromatic heterocycles. The van der Waals surface area contributed by atoms with Crippen LogP contribution in [0.2, 0.25) is 0 Å². The molecule has 1 aliphatic heterocycles. The number of carbonyl (C=O) groups is 1. The molecule has 1 aliphatic rings. The van der Waals surface area contributed by atoms with Crippen LogP contribution in [0.15, 0.2) is 30.3 Å². The number of likely N-dealkylation sites (N-methyl/N-ethyl adjacent to an activating group) is 1. The number of aliphatic hydroxyl groups is 1. The van der Waals surface area contributed by atoms with Gasteiger partial charge >= 0.3 is 0 Å². The monoisotopic (exact) mass is 234 g/mol. The molecule has 1 aromatic rings. The van der Waals surface area contributed by atoms with Gasteiger partial charge in [-0.05, 0) is 19.1 Å². The number of rotatable bonds is 3. The third-order valence-electron chi connectivity index (χ3n) is 3.00. The Morgan fingerprint density at radius 3 is 2.53 bits per heavy atom. The number of benzene rings is 1. The van der Waals surface area contributed by atoms with Gasteiger partial charge in [-0.25, -0.2) is 0 Å². The molecule has 1 fully saturated rings. The van der Waals surface area contributed by atoms with Crippen molar-refractivity contribution < 1.29 is 9.90 Å². The van der Waals surface area contributed by atoms with Crippen molar-refractivity contribution >= 4 is 11.6 Å². The van der Waals surface area contributed by atoms with Crippen LogP contribution in [-0.4, -0.2) is 48.2 Å². The quantitative estimate of drug-likeness (QED) is 0.838. The van der Waals surface area contributed by atoms with Crippen LogP contribution in [0.3, 0.4) is 0 Å². The number of anilines is 1. The van der Waals surface area contributed by atoms with E-state index in [0.717, 1.165) is 5.69 Å². The van der Waals surface area contributed by atoms with E-state index in [4.69, 9.17) is 0 Å². The molecule has 0 bridgehead atoms. The maximum absolute atomic E-state index is 12.0. The zero-order valence-corrected chi connectivity index (χ0v) is 10.3. The Morgan fingerprint density at radius 2 is 2.00 bits per heavy atom. The van der Waals surface area contributed by atoms with E-state index in [1.54, 1.807) is 18.9 Å². The molecule has 1 saturated heterocycles. The van der Waals surface area contributed by atoms with Crippen LogP contribution in [0.4, 0.5) is 5.69 Å². The minimum atomic E-state index is -0.619. The number of para-hydroxylation sites is 1. The maximum atomic E-state index is 12.0. The van der Waals surface area contributed by atoms with E-state index < -0.39 is 5.60 Å². The Bertz CT molecular complexity index is 395. The number of amides is 1. The molecule has 0 spiro atoms. The number of carbonyl (C=O) groups excluding carboxylic acids is 1. The average Bonchev–Trinajstić information content (AvgIpc) is 2.26. The second-order valence-corrected chi connectivity index (χ2v) is 4.93. The van der Waals surface area contributed by atoms with Gasteiger partial charge in [0.05, 0.1) is 12.1 Å². The lowest BCUT2D eigenvalue weighted by Gasteiger charge is -2.44. The third kappa shape index (κ3) is 2.84. The summed E-state index contributed by atoms with van der Waals surface area (Å²) in [5, 5.41) is 9.59. The third-order valence-corrected chi connectivity index (χ3v) is 3.00. The Morgan fingerprint density at radius 1 is 1.41 bits per heavy atom. The molecular formula is C13H18N2O2. The van der Waals surface area contributed by atoms with E-state index in [1.165, 1.54) is 0 Å². The summed E-state index contributed by atoms with van der Waals surface area (Å²) in [6.07, 6.45) is 0. The highest BCUT2D eigenvalue weighted by atomic mass is 16.3. The van der Waals surface area contributed by atoms with Crippen molar-refractivity contribution in [3.05, 3.63) is 30.3 Å². The summed E-state index contributed by atoms with van der Waals surface area (Å²) >= 11 is 0. The molecule has 0 atom stereocenters. The first-order chi connectivity index (χ1) is 7.98. The predicted octanol–water partition coefficient (Wildman–Crippen LogP) is 0.716. The minimum Gasteiger partial charge on any atom is -0.388 e. The van der Waals surface area contributed by atoms with Crippen molar-refractivity contribution in [2.75, 3.05) is 31.6 Å². The summed E-state index contributed by atoms with van der Waals surface area (Å²) in [6.45, 7) is 3.29. The molecule has 1 N–H and O–H groups in total. The van der Waals surface area contributed by atoms with Gasteiger partial charge in [-0.3, -0.25) is 9.69 Å². The molecule has 4 heteroatoms. The summed E-state index contributed by atoms with van der Waals surface area (Å²) < 4.78 is 0. The first kappa shape index (κ1) is 12.1. The lowest BCUT2D eigenvalue weighted by Crippen LogP contribution is -2.61. The van der Waals surface area contributed by atoms with Crippen molar-refractivity contribution in [2.24, 2.45) is 0 Å². The summed E-state index contributed by atoms with van der Waals surface area (Å²) in [4.78, 5) is 15.6. The predicted molar refractivity (Wildman–Crippen MR) is 66.9 cm³/mol. The van der Waals surface area contributed by atoms with E-state index >= 15 is 0 Å². The summed E-state index contributed by atoms with van der Waals surface area (Å²) in [5.74, 6) is 0.0479. The first-order valence-electron chi connectivity index (χ1n) is 5.74. The summed E-state index contributed by atoms with van der Waals surface area (Å²) in [7, 11) is 1.77. The zero-order chi connectivity index (χ0) is 12.5. The normalized spacial score (nSPS) is 18.5. The summed E-state index contributed by atoms with van der Waals surface area (Å²) in [6, 6.07) is 9.56. The number of hydrogen-bond acceptors (Lipinski definition) is 3. The van der Waals surface area contributed by atoms with Gasteiger partial charge in [-0.2, -0.15) is 0 Å². The topological polar surface area (TPSA) is 43.8 Å². The van der Waals surface area contributed by atoms with Crippen molar-refractivity contribution in [3.63, 3.8) is 0 Å². The number of hydrogen-bond donors (Lipinski definition) is 1. The fourth-order valence-corrected chi connectivity index (χ4v) is 2.12. The van der Waals surface area contributed by atoms with Gasteiger partial charge < -0.3 is 10.0 Å². The molecule has 0 aliphatic carbocycles. The highest BCUT2D eigenvalue weighted by Crippen LogP contribution is 2.20. The van der Waals surface area contributed by atoms with Crippen molar-refractivity contribution in [1.29, 1.82) is 0 Å². The van der Waals surface area contributed by atoms with Gasteiger partial charge in [0.15, 0.2) is 0 Å². The molecule has 0 unspecified atom stereocenters. The van der Waals surface area contributed by atoms with Crippen LogP contribution in [0, 0.1) is 0 Å². The van der Waals surface area contributed by atoms with Crippen LogP contribution in [-0.2, 0) is 4.79 Å². The molecule has 1 amide bonds. The number of likely N-dealkylation sites (tertiary alicyclic amines) is 1. The molecule has 1 heterocycles. The fraction of sp³-hybridized carbons (Fsp3) is 0.462. The molecule has 17 heavy (non-hydrogen) atoms. The zero-order valence-electron chi connectivity index (χ0n) is 10.3. The Kier molecular flexibility index (Phi) is 3.17. The van der Waals surface area contributed by atoms with Crippen LogP contribution >= 0.6 is 0 Å². The highest BCUT2D eigenvalue weighted by Gasteiger charge is 2.37. The smallest absolute Gasteiger partial charge is 0.240 e. The maximum Gasteiger partial charge on any atom is 0.240 e. The van der Waals surface area contributed by atoms with E-state index in [0.29, 0.717) is 19.6 Å². The Hall–Kier alpha value is -1.39. The molecular weight excluding hydrogens is 216 g/mol. The number of β-amino-alcohol motifs (C(OH)–C–C–N with tert-alkyl or cyclic N) is 1. The Balaban J connectivity index is 1.89. The van der Waals surface area contributed by atoms with Gasteiger partial charge in [-0.1, -0.05) is 18.2 Å². The van der Waals surface area contributed by atoms with Crippen LogP contribution in [0.5, 0.6) is 0 Å². The van der Waals surface area contributed by atoms with Gasteiger partial charge in [0, 0.05) is 25.8 Å². The first-order valence-corrected chi connectivity index (χ1v) is 5.74. The van der Waals surface area contributed by atoms with Crippen molar-refractivity contribution in [3.8, 4) is 0 Å². The average molecular weight is 234 g/mol. The van der Waals surface area contributed by atoms with Crippen molar-refractivity contribution in [2.45, 2.75) is 12.5 Å². The summed E-state index contributed by atoms with van der Waals surface area (Å²) in [5.41, 5.74) is 0.274. The lowest BCUT2D eigenvalue weighted by atomic mass is 9.97. The fourth-order valence-electron chi connectivity index (χ4n) is 2.12. The largest absolute Gasteiger partial charge is 0.388 e. The molecule has 4 nitrogen and oxygen atoms in total. The van der Waals surface area contributed by atoms with Gasteiger partial charge in [-0.15, -0.1) is 0 Å². The second-order valence-electron chi connectivity index (χ2n) is 4.93. The number of nitrogens with zero attached hydrogens (tertiary/aromatic N) is 2. The van der Waals surface area contributed by atoms with Crippen LogP contribution < -0.4 is 4.90 Å². The van der Waals surface area contributed by atoms with E-state index in [-0.39, 0.29) is 5.91 Å². The molecule has 2 rings (SSSR count). The minimum absolute atomic E-state index is 0.0479. The second kappa shape index (κ2) is 4.47. The molecule has 1 aromatic carbocycles. The SMILES string of the molecule is CN(C(=O)CN1CC(C)(O)C1)c1ccccc1. The van der Waals surface area contributed by atoms with E-state index in [2.05, 4.69) is 0 Å². The standard InChI is InChI=1S/C13H18N2O2/c1-13(17)9-15(10-13)8-12(16)14(2)11-6-4-3-5-7-11/h3-7,17H,8-10H2,1-2H3. The van der Waals surface area contributed by atoms with Crippen LogP contribution in [0.25, 0.3) is 0 Å². The highest BCUT2D eigenvalue weighted by molar-refractivity contribution is 5.94.